The summed E-state index contributed by atoms with van der Waals surface area (Å²) in [4.78, 5) is 20.7. The minimum absolute atomic E-state index is 0.0753. The topological polar surface area (TPSA) is 122 Å². The molecule has 2 heterocycles. The van der Waals surface area contributed by atoms with Gasteiger partial charge in [0.2, 0.25) is 16.0 Å². The number of hydrogen-bond acceptors (Lipinski definition) is 7. The number of aromatic nitrogens is 2. The average molecular weight is 392 g/mol. The number of hydrogen-bond donors (Lipinski definition) is 2. The molecule has 0 atom stereocenters. The number of anilines is 1. The highest BCUT2D eigenvalue weighted by atomic mass is 32.2. The van der Waals surface area contributed by atoms with Crippen molar-refractivity contribution in [1.82, 2.24) is 14.3 Å². The highest BCUT2D eigenvalue weighted by Crippen LogP contribution is 2.25. The predicted octanol–water partition coefficient (Wildman–Crippen LogP) is 1.07. The lowest BCUT2D eigenvalue weighted by atomic mass is 10.2. The zero-order chi connectivity index (χ0) is 19.6. The second-order valence-corrected chi connectivity index (χ2v) is 8.06. The van der Waals surface area contributed by atoms with Crippen molar-refractivity contribution in [2.24, 2.45) is 0 Å². The van der Waals surface area contributed by atoms with Gasteiger partial charge in [-0.25, -0.2) is 18.4 Å². The van der Waals surface area contributed by atoms with Crippen molar-refractivity contribution in [2.75, 3.05) is 31.6 Å². The molecular weight excluding hydrogens is 372 g/mol. The molecule has 1 aliphatic heterocycles. The first-order valence-electron chi connectivity index (χ1n) is 8.32. The van der Waals surface area contributed by atoms with Gasteiger partial charge in [0.15, 0.2) is 0 Å². The zero-order valence-corrected chi connectivity index (χ0v) is 15.8. The van der Waals surface area contributed by atoms with Gasteiger partial charge in [0.1, 0.15) is 5.75 Å². The third-order valence-electron chi connectivity index (χ3n) is 4.03. The van der Waals surface area contributed by atoms with Crippen LogP contribution in [-0.2, 0) is 14.8 Å². The van der Waals surface area contributed by atoms with E-state index in [-0.39, 0.29) is 35.2 Å². The molecule has 0 saturated carbocycles. The Labute approximate surface area is 157 Å². The van der Waals surface area contributed by atoms with E-state index in [2.05, 4.69) is 15.3 Å². The number of phenols is 1. The van der Waals surface area contributed by atoms with E-state index in [0.29, 0.717) is 24.6 Å². The number of nitrogens with zero attached hydrogens (tertiary/aromatic N) is 3. The van der Waals surface area contributed by atoms with Crippen molar-refractivity contribution in [1.29, 1.82) is 0 Å². The Balaban J connectivity index is 1.89. The van der Waals surface area contributed by atoms with Crippen LogP contribution < -0.4 is 5.32 Å². The Morgan fingerprint density at radius 3 is 2.41 bits per heavy atom. The Bertz CT molecular complexity index is 951. The molecule has 3 rings (SSSR count). The van der Waals surface area contributed by atoms with Gasteiger partial charge in [-0.3, -0.25) is 10.1 Å². The molecule has 1 aromatic heterocycles. The third kappa shape index (κ3) is 4.24. The van der Waals surface area contributed by atoms with Crippen LogP contribution in [0, 0.1) is 13.8 Å². The lowest BCUT2D eigenvalue weighted by Crippen LogP contribution is -2.40. The molecule has 144 valence electrons. The molecule has 1 aliphatic rings. The first-order chi connectivity index (χ1) is 12.8. The highest BCUT2D eigenvalue weighted by Gasteiger charge is 2.28. The SMILES string of the molecule is Cc1cc(C)nc(NC(=O)c2cc(S(=O)(=O)N3CCOCC3)ccc2O)n1. The summed E-state index contributed by atoms with van der Waals surface area (Å²) in [6, 6.07) is 5.36. The summed E-state index contributed by atoms with van der Waals surface area (Å²) >= 11 is 0. The summed E-state index contributed by atoms with van der Waals surface area (Å²) in [5.74, 6) is -0.951. The van der Waals surface area contributed by atoms with Gasteiger partial charge in [-0.05, 0) is 38.1 Å². The molecule has 0 aliphatic carbocycles. The molecule has 2 N–H and O–H groups in total. The minimum atomic E-state index is -3.79. The van der Waals surface area contributed by atoms with Crippen LogP contribution in [0.1, 0.15) is 21.7 Å². The van der Waals surface area contributed by atoms with Gasteiger partial charge in [0.05, 0.1) is 23.7 Å². The van der Waals surface area contributed by atoms with Crippen LogP contribution in [0.5, 0.6) is 5.75 Å². The van der Waals surface area contributed by atoms with Crippen molar-refractivity contribution < 1.29 is 23.1 Å². The molecule has 0 bridgehead atoms. The van der Waals surface area contributed by atoms with Crippen LogP contribution in [0.2, 0.25) is 0 Å². The number of nitrogens with one attached hydrogen (secondary N) is 1. The monoisotopic (exact) mass is 392 g/mol. The van der Waals surface area contributed by atoms with Crippen molar-refractivity contribution in [2.45, 2.75) is 18.7 Å². The molecule has 1 fully saturated rings. The van der Waals surface area contributed by atoms with E-state index in [1.165, 1.54) is 16.4 Å². The number of carbonyl (C=O) groups excluding carboxylic acids is 1. The van der Waals surface area contributed by atoms with Gasteiger partial charge in [0, 0.05) is 24.5 Å². The van der Waals surface area contributed by atoms with Gasteiger partial charge >= 0.3 is 0 Å². The summed E-state index contributed by atoms with van der Waals surface area (Å²) < 4.78 is 32.0. The lowest BCUT2D eigenvalue weighted by Gasteiger charge is -2.26. The van der Waals surface area contributed by atoms with E-state index in [4.69, 9.17) is 4.74 Å². The van der Waals surface area contributed by atoms with Crippen LogP contribution in [0.15, 0.2) is 29.2 Å². The summed E-state index contributed by atoms with van der Waals surface area (Å²) in [5, 5.41) is 12.5. The average Bonchev–Trinajstić information content (AvgIpc) is 2.61. The Kier molecular flexibility index (Phi) is 5.40. The standard InChI is InChI=1S/C17H20N4O5S/c1-11-9-12(2)19-17(18-11)20-16(23)14-10-13(3-4-15(14)22)27(24,25)21-5-7-26-8-6-21/h3-4,9-10,22H,5-8H2,1-2H3,(H,18,19,20,23). The number of ether oxygens (including phenoxy) is 1. The largest absolute Gasteiger partial charge is 0.507 e. The second kappa shape index (κ2) is 7.59. The van der Waals surface area contributed by atoms with E-state index in [0.717, 1.165) is 6.07 Å². The second-order valence-electron chi connectivity index (χ2n) is 6.12. The van der Waals surface area contributed by atoms with E-state index in [1.807, 2.05) is 0 Å². The number of amides is 1. The van der Waals surface area contributed by atoms with Gasteiger partial charge in [-0.2, -0.15) is 4.31 Å². The van der Waals surface area contributed by atoms with Crippen LogP contribution in [0.3, 0.4) is 0 Å². The summed E-state index contributed by atoms with van der Waals surface area (Å²) in [7, 11) is -3.79. The fourth-order valence-electron chi connectivity index (χ4n) is 2.74. The first-order valence-corrected chi connectivity index (χ1v) is 9.76. The molecule has 1 aromatic carbocycles. The Morgan fingerprint density at radius 2 is 1.78 bits per heavy atom. The minimum Gasteiger partial charge on any atom is -0.507 e. The van der Waals surface area contributed by atoms with Crippen LogP contribution in [0.25, 0.3) is 0 Å². The van der Waals surface area contributed by atoms with Gasteiger partial charge in [0.25, 0.3) is 5.91 Å². The van der Waals surface area contributed by atoms with E-state index >= 15 is 0 Å². The predicted molar refractivity (Wildman–Crippen MR) is 97.1 cm³/mol. The molecule has 1 amide bonds. The van der Waals surface area contributed by atoms with Gasteiger partial charge in [-0.15, -0.1) is 0 Å². The summed E-state index contributed by atoms with van der Waals surface area (Å²) in [6.07, 6.45) is 0. The van der Waals surface area contributed by atoms with E-state index in [1.54, 1.807) is 19.9 Å². The molecule has 27 heavy (non-hydrogen) atoms. The molecular formula is C17H20N4O5S. The van der Waals surface area contributed by atoms with Crippen molar-refractivity contribution >= 4 is 21.9 Å². The van der Waals surface area contributed by atoms with Crippen molar-refractivity contribution in [3.05, 3.63) is 41.2 Å². The maximum Gasteiger partial charge on any atom is 0.261 e. The van der Waals surface area contributed by atoms with Crippen LogP contribution in [-0.4, -0.2) is 60.0 Å². The fraction of sp³-hybridized carbons (Fsp3) is 0.353. The smallest absolute Gasteiger partial charge is 0.261 e. The van der Waals surface area contributed by atoms with E-state index < -0.39 is 15.9 Å². The highest BCUT2D eigenvalue weighted by molar-refractivity contribution is 7.89. The van der Waals surface area contributed by atoms with Gasteiger partial charge in [-0.1, -0.05) is 0 Å². The van der Waals surface area contributed by atoms with Crippen LogP contribution in [0.4, 0.5) is 5.95 Å². The fourth-order valence-corrected chi connectivity index (χ4v) is 4.18. The summed E-state index contributed by atoms with van der Waals surface area (Å²) in [5.41, 5.74) is 1.17. The number of aromatic hydroxyl groups is 1. The number of morpholine rings is 1. The molecule has 1 saturated heterocycles. The molecule has 0 unspecified atom stereocenters. The number of sulfonamides is 1. The first kappa shape index (κ1) is 19.2. The number of aryl methyl sites for hydroxylation is 2. The normalized spacial score (nSPS) is 15.5. The number of benzene rings is 1. The number of phenolic OH excluding ortho intramolecular Hbond substituents is 1. The number of carbonyl (C=O) groups is 1. The summed E-state index contributed by atoms with van der Waals surface area (Å²) in [6.45, 7) is 4.63. The maximum atomic E-state index is 12.8. The molecule has 9 nitrogen and oxygen atoms in total. The maximum absolute atomic E-state index is 12.8. The number of rotatable bonds is 4. The van der Waals surface area contributed by atoms with Crippen molar-refractivity contribution in [3.63, 3.8) is 0 Å². The molecule has 0 spiro atoms. The molecule has 0 radical (unpaired) electrons. The Hall–Kier alpha value is -2.56. The van der Waals surface area contributed by atoms with E-state index in [9.17, 15) is 18.3 Å². The molecule has 10 heteroatoms. The lowest BCUT2D eigenvalue weighted by molar-refractivity contribution is 0.0730. The quantitative estimate of drug-likeness (QED) is 0.798. The zero-order valence-electron chi connectivity index (χ0n) is 15.0. The van der Waals surface area contributed by atoms with Crippen molar-refractivity contribution in [3.8, 4) is 5.75 Å². The molecule has 2 aromatic rings. The third-order valence-corrected chi connectivity index (χ3v) is 5.92. The van der Waals surface area contributed by atoms with Gasteiger partial charge < -0.3 is 9.84 Å². The van der Waals surface area contributed by atoms with Crippen LogP contribution >= 0.6 is 0 Å². The Morgan fingerprint density at radius 1 is 1.15 bits per heavy atom.